The summed E-state index contributed by atoms with van der Waals surface area (Å²) in [4.78, 5) is 103. The van der Waals surface area contributed by atoms with E-state index in [1.54, 1.807) is 20.8 Å². The van der Waals surface area contributed by atoms with Crippen LogP contribution in [0.15, 0.2) is 35.5 Å². The van der Waals surface area contributed by atoms with Crippen LogP contribution in [-0.4, -0.2) is 165 Å². The van der Waals surface area contributed by atoms with Gasteiger partial charge in [0.05, 0.1) is 38.0 Å². The molecular formula is C30H48FeN6O15. The van der Waals surface area contributed by atoms with E-state index in [0.29, 0.717) is 0 Å². The fraction of sp³-hybridized carbons (Fsp3) is 0.500. The van der Waals surface area contributed by atoms with Crippen molar-refractivity contribution in [3.05, 3.63) is 35.5 Å². The zero-order valence-electron chi connectivity index (χ0n) is 30.4. The molecule has 0 aromatic rings. The Kier molecular flexibility index (Phi) is 30.9. The van der Waals surface area contributed by atoms with E-state index >= 15 is 0 Å². The Morgan fingerprint density at radius 2 is 0.654 bits per heavy atom. The molecule has 0 unspecified atom stereocenters. The van der Waals surface area contributed by atoms with E-state index in [0.717, 1.165) is 18.2 Å². The average molecular weight is 789 g/mol. The maximum atomic E-state index is 11.2. The van der Waals surface area contributed by atoms with E-state index < -0.39 is 70.6 Å². The SMILES string of the molecule is CCOC(=O)CNC(=O)C(O)=CC(=O)N(C)C.CCOC(=O)CNC(=O)C(O)=CC(=O)N(C)C.CCOC(=O)CNC(=O)C(O)=CC(=O)N(C)C.[Fe]. The molecule has 0 bridgehead atoms. The summed E-state index contributed by atoms with van der Waals surface area (Å²) >= 11 is 0. The Labute approximate surface area is 311 Å². The molecule has 0 saturated heterocycles. The summed E-state index contributed by atoms with van der Waals surface area (Å²) in [6.45, 7) is 4.43. The van der Waals surface area contributed by atoms with Gasteiger partial charge in [-0.25, -0.2) is 0 Å². The number of nitrogens with zero attached hydrogens (tertiary/aromatic N) is 3. The van der Waals surface area contributed by atoms with Crippen LogP contribution >= 0.6 is 0 Å². The number of nitrogens with one attached hydrogen (secondary N) is 3. The molecule has 52 heavy (non-hydrogen) atoms. The Hall–Kier alpha value is -5.63. The summed E-state index contributed by atoms with van der Waals surface area (Å²) in [5, 5.41) is 34.0. The van der Waals surface area contributed by atoms with E-state index in [1.807, 2.05) is 0 Å². The van der Waals surface area contributed by atoms with Crippen molar-refractivity contribution >= 4 is 53.4 Å². The van der Waals surface area contributed by atoms with Crippen molar-refractivity contribution in [1.82, 2.24) is 30.7 Å². The summed E-state index contributed by atoms with van der Waals surface area (Å²) in [6.07, 6.45) is 2.29. The minimum Gasteiger partial charge on any atom is -0.503 e. The van der Waals surface area contributed by atoms with Gasteiger partial charge in [0, 0.05) is 59.4 Å². The average Bonchev–Trinajstić information content (AvgIpc) is 3.05. The number of aliphatic hydroxyl groups excluding tert-OH is 3. The first kappa shape index (κ1) is 53.2. The third-order valence-corrected chi connectivity index (χ3v) is 4.90. The molecule has 22 heteroatoms. The number of hydrogen-bond acceptors (Lipinski definition) is 15. The molecule has 296 valence electrons. The van der Waals surface area contributed by atoms with Gasteiger partial charge in [-0.15, -0.1) is 0 Å². The number of amides is 6. The van der Waals surface area contributed by atoms with Gasteiger partial charge in [-0.1, -0.05) is 0 Å². The number of esters is 3. The van der Waals surface area contributed by atoms with Crippen molar-refractivity contribution in [3.8, 4) is 0 Å². The quantitative estimate of drug-likeness (QED) is 0.0331. The zero-order valence-corrected chi connectivity index (χ0v) is 31.5. The second kappa shape index (κ2) is 30.2. The summed E-state index contributed by atoms with van der Waals surface area (Å²) in [7, 11) is 8.85. The molecule has 6 N–H and O–H groups in total. The van der Waals surface area contributed by atoms with E-state index in [-0.39, 0.29) is 56.5 Å². The van der Waals surface area contributed by atoms with Crippen molar-refractivity contribution in [1.29, 1.82) is 0 Å². The van der Waals surface area contributed by atoms with Crippen LogP contribution < -0.4 is 16.0 Å². The van der Waals surface area contributed by atoms with Crippen molar-refractivity contribution in [2.75, 3.05) is 81.7 Å². The number of carbonyl (C=O) groups is 9. The van der Waals surface area contributed by atoms with Gasteiger partial charge in [0.15, 0.2) is 17.3 Å². The largest absolute Gasteiger partial charge is 0.503 e. The van der Waals surface area contributed by atoms with Crippen molar-refractivity contribution in [2.45, 2.75) is 20.8 Å². The summed E-state index contributed by atoms with van der Waals surface area (Å²) < 4.78 is 13.7. The zero-order chi connectivity index (χ0) is 40.3. The van der Waals surface area contributed by atoms with Crippen molar-refractivity contribution in [2.24, 2.45) is 0 Å². The van der Waals surface area contributed by atoms with Gasteiger partial charge in [-0.05, 0) is 20.8 Å². The molecule has 0 radical (unpaired) electrons. The maximum absolute atomic E-state index is 11.2. The number of likely N-dealkylation sites (N-methyl/N-ethyl adjacent to an activating group) is 3. The van der Waals surface area contributed by atoms with Crippen LogP contribution in [0.1, 0.15) is 20.8 Å². The van der Waals surface area contributed by atoms with Crippen molar-refractivity contribution in [3.63, 3.8) is 0 Å². The molecule has 0 rings (SSSR count). The third kappa shape index (κ3) is 28.2. The van der Waals surface area contributed by atoms with E-state index in [9.17, 15) is 58.5 Å². The second-order valence-corrected chi connectivity index (χ2v) is 9.75. The molecular weight excluding hydrogens is 740 g/mol. The van der Waals surface area contributed by atoms with Gasteiger partial charge in [0.25, 0.3) is 17.7 Å². The monoisotopic (exact) mass is 788 g/mol. The molecule has 0 heterocycles. The first-order chi connectivity index (χ1) is 23.6. The molecule has 6 amide bonds. The number of hydrogen-bond donors (Lipinski definition) is 6. The minimum absolute atomic E-state index is 0. The molecule has 21 nitrogen and oxygen atoms in total. The van der Waals surface area contributed by atoms with Gasteiger partial charge in [-0.3, -0.25) is 43.2 Å². The molecule has 0 aromatic carbocycles. The molecule has 0 aromatic heterocycles. The second-order valence-electron chi connectivity index (χ2n) is 9.75. The minimum atomic E-state index is -0.909. The van der Waals surface area contributed by atoms with Gasteiger partial charge >= 0.3 is 17.9 Å². The fourth-order valence-corrected chi connectivity index (χ4v) is 2.30. The van der Waals surface area contributed by atoms with Crippen LogP contribution in [-0.2, 0) is 74.4 Å². The van der Waals surface area contributed by atoms with Crippen LogP contribution in [0.3, 0.4) is 0 Å². The number of ether oxygens (including phenoxy) is 3. The van der Waals surface area contributed by atoms with Crippen LogP contribution in [0.25, 0.3) is 0 Å². The summed E-state index contributed by atoms with van der Waals surface area (Å²) in [5.74, 6) is -8.45. The third-order valence-electron chi connectivity index (χ3n) is 4.90. The first-order valence-electron chi connectivity index (χ1n) is 14.8. The predicted molar refractivity (Wildman–Crippen MR) is 177 cm³/mol. The first-order valence-corrected chi connectivity index (χ1v) is 14.8. The molecule has 0 fully saturated rings. The maximum Gasteiger partial charge on any atom is 0.325 e. The molecule has 0 spiro atoms. The summed E-state index contributed by atoms with van der Waals surface area (Å²) in [6, 6.07) is 0. The Bertz CT molecular complexity index is 1170. The predicted octanol–water partition coefficient (Wildman–Crippen LogP) is -2.42. The topological polar surface area (TPSA) is 288 Å². The normalized spacial score (nSPS) is 10.4. The summed E-state index contributed by atoms with van der Waals surface area (Å²) in [5.41, 5.74) is 0. The van der Waals surface area contributed by atoms with E-state index in [2.05, 4.69) is 30.2 Å². The smallest absolute Gasteiger partial charge is 0.325 e. The molecule has 0 saturated carbocycles. The van der Waals surface area contributed by atoms with Gasteiger partial charge < -0.3 is 60.2 Å². The molecule has 0 atom stereocenters. The Balaban J connectivity index is -0.000000329. The van der Waals surface area contributed by atoms with Gasteiger partial charge in [0.1, 0.15) is 19.6 Å². The van der Waals surface area contributed by atoms with Gasteiger partial charge in [-0.2, -0.15) is 0 Å². The number of carbonyl (C=O) groups excluding carboxylic acids is 9. The molecule has 0 aliphatic rings. The molecule has 0 aliphatic heterocycles. The standard InChI is InChI=1S/3C10H16N2O5.Fe/c3*1-4-17-9(15)6-11-10(16)7(13)5-8(14)12(2)3;/h3*5,13H,4,6H2,1-3H3,(H,11,16);. The Morgan fingerprint density at radius 3 is 0.808 bits per heavy atom. The Morgan fingerprint density at radius 1 is 0.462 bits per heavy atom. The van der Waals surface area contributed by atoms with Crippen LogP contribution in [0.4, 0.5) is 0 Å². The van der Waals surface area contributed by atoms with Crippen LogP contribution in [0.2, 0.25) is 0 Å². The number of aliphatic hydroxyl groups is 3. The van der Waals surface area contributed by atoms with Crippen LogP contribution in [0.5, 0.6) is 0 Å². The van der Waals surface area contributed by atoms with Crippen LogP contribution in [0, 0.1) is 0 Å². The van der Waals surface area contributed by atoms with Crippen molar-refractivity contribution < 1.29 is 89.7 Å². The number of rotatable bonds is 15. The fourth-order valence-electron chi connectivity index (χ4n) is 2.30. The van der Waals surface area contributed by atoms with E-state index in [1.165, 1.54) is 57.0 Å². The van der Waals surface area contributed by atoms with Gasteiger partial charge in [0.2, 0.25) is 17.7 Å². The molecule has 0 aliphatic carbocycles. The van der Waals surface area contributed by atoms with E-state index in [4.69, 9.17) is 0 Å².